The molecule has 19 nitrogen and oxygen atoms in total. The van der Waals surface area contributed by atoms with Crippen LogP contribution in [0.4, 0.5) is 11.9 Å². The number of imidazole rings is 2. The number of thioether (sulfide) groups is 1. The SMILES string of the molecule is CCn1nc(C)cc1C(=O)Nc1nc2cc(C(N)=O)cnc2n1C/C=C/Cn1c(NC(=O)c2cc(C)nn2CC)nc2cc(C(N)=O)cc(OCCN3CCSCC3)c21. The molecule has 0 bridgehead atoms. The number of aromatic nitrogens is 9. The highest BCUT2D eigenvalue weighted by molar-refractivity contribution is 7.99. The molecule has 0 radical (unpaired) electrons. The van der Waals surface area contributed by atoms with Gasteiger partial charge >= 0.3 is 0 Å². The maximum atomic E-state index is 13.7. The van der Waals surface area contributed by atoms with E-state index in [1.54, 1.807) is 49.7 Å². The Labute approximate surface area is 343 Å². The van der Waals surface area contributed by atoms with Crippen LogP contribution in [0.1, 0.15) is 66.9 Å². The van der Waals surface area contributed by atoms with Gasteiger partial charge in [-0.25, -0.2) is 15.0 Å². The second-order valence-corrected chi connectivity index (χ2v) is 15.1. The fraction of sp³-hybridized carbons (Fsp3) is 0.359. The molecule has 6 heterocycles. The zero-order chi connectivity index (χ0) is 41.8. The number of nitrogens with two attached hydrogens (primary N) is 2. The first kappa shape index (κ1) is 40.6. The summed E-state index contributed by atoms with van der Waals surface area (Å²) in [5.74, 6) is 0.748. The van der Waals surface area contributed by atoms with E-state index in [4.69, 9.17) is 21.2 Å². The zero-order valence-electron chi connectivity index (χ0n) is 33.3. The van der Waals surface area contributed by atoms with Crippen LogP contribution >= 0.6 is 11.8 Å². The number of carbonyl (C=O) groups excluding carboxylic acids is 4. The smallest absolute Gasteiger partial charge is 0.276 e. The molecule has 6 aromatic rings. The lowest BCUT2D eigenvalue weighted by atomic mass is 10.1. The van der Waals surface area contributed by atoms with E-state index in [1.165, 1.54) is 12.3 Å². The minimum absolute atomic E-state index is 0.168. The molecular weight excluding hydrogens is 777 g/mol. The number of aryl methyl sites for hydroxylation is 4. The van der Waals surface area contributed by atoms with Gasteiger partial charge in [-0.15, -0.1) is 0 Å². The summed E-state index contributed by atoms with van der Waals surface area (Å²) in [5.41, 5.74) is 15.5. The number of amides is 4. The van der Waals surface area contributed by atoms with Gasteiger partial charge < -0.3 is 20.8 Å². The summed E-state index contributed by atoms with van der Waals surface area (Å²) >= 11 is 1.92. The number of anilines is 2. The third kappa shape index (κ3) is 8.82. The van der Waals surface area contributed by atoms with Crippen molar-refractivity contribution in [2.75, 3.05) is 48.4 Å². The van der Waals surface area contributed by atoms with Gasteiger partial charge in [0.2, 0.25) is 23.7 Å². The number of carbonyl (C=O) groups is 4. The predicted octanol–water partition coefficient (Wildman–Crippen LogP) is 3.22. The van der Waals surface area contributed by atoms with E-state index >= 15 is 0 Å². The van der Waals surface area contributed by atoms with Crippen molar-refractivity contribution in [3.05, 3.63) is 82.6 Å². The summed E-state index contributed by atoms with van der Waals surface area (Å²) in [4.78, 5) is 67.9. The number of pyridine rings is 1. The molecule has 0 atom stereocenters. The molecule has 4 amide bonds. The summed E-state index contributed by atoms with van der Waals surface area (Å²) in [6, 6.07) is 8.09. The quantitative estimate of drug-likeness (QED) is 0.103. The molecule has 20 heteroatoms. The van der Waals surface area contributed by atoms with E-state index in [2.05, 4.69) is 35.7 Å². The van der Waals surface area contributed by atoms with E-state index in [0.29, 0.717) is 77.0 Å². The van der Waals surface area contributed by atoms with Gasteiger partial charge in [0, 0.05) is 69.1 Å². The molecule has 7 rings (SSSR count). The maximum Gasteiger partial charge on any atom is 0.276 e. The number of hydrogen-bond acceptors (Lipinski definition) is 12. The minimum Gasteiger partial charge on any atom is -0.490 e. The number of hydrogen-bond donors (Lipinski definition) is 4. The number of ether oxygens (including phenoxy) is 1. The highest BCUT2D eigenvalue weighted by atomic mass is 32.2. The molecule has 1 aliphatic rings. The molecule has 5 aromatic heterocycles. The Morgan fingerprint density at radius 2 is 1.34 bits per heavy atom. The highest BCUT2D eigenvalue weighted by Gasteiger charge is 2.23. The molecule has 0 aliphatic carbocycles. The number of primary amides is 2. The number of allylic oxidation sites excluding steroid dienone is 2. The molecule has 0 saturated carbocycles. The topological polar surface area (TPSA) is 241 Å². The van der Waals surface area contributed by atoms with Gasteiger partial charge in [0.25, 0.3) is 11.8 Å². The van der Waals surface area contributed by atoms with Crippen LogP contribution in [0.15, 0.2) is 48.7 Å². The first-order valence-corrected chi connectivity index (χ1v) is 20.4. The van der Waals surface area contributed by atoms with Crippen molar-refractivity contribution in [2.45, 2.75) is 53.9 Å². The van der Waals surface area contributed by atoms with Crippen molar-refractivity contribution in [3.8, 4) is 5.75 Å². The van der Waals surface area contributed by atoms with Crippen molar-refractivity contribution in [3.63, 3.8) is 0 Å². The molecule has 1 saturated heterocycles. The van der Waals surface area contributed by atoms with Gasteiger partial charge in [-0.1, -0.05) is 12.2 Å². The lowest BCUT2D eigenvalue weighted by Crippen LogP contribution is -2.35. The fourth-order valence-electron chi connectivity index (χ4n) is 6.91. The zero-order valence-corrected chi connectivity index (χ0v) is 34.1. The molecular formula is C39H46N14O5S. The van der Waals surface area contributed by atoms with Gasteiger partial charge in [-0.05, 0) is 58.0 Å². The van der Waals surface area contributed by atoms with Crippen LogP contribution in [-0.4, -0.2) is 110 Å². The molecule has 0 spiro atoms. The third-order valence-corrected chi connectivity index (χ3v) is 10.7. The van der Waals surface area contributed by atoms with Crippen molar-refractivity contribution in [2.24, 2.45) is 11.5 Å². The molecule has 1 aromatic carbocycles. The molecule has 308 valence electrons. The number of fused-ring (bicyclic) bond motifs is 2. The monoisotopic (exact) mass is 822 g/mol. The molecule has 59 heavy (non-hydrogen) atoms. The van der Waals surface area contributed by atoms with Gasteiger partial charge in [0.15, 0.2) is 5.65 Å². The van der Waals surface area contributed by atoms with Gasteiger partial charge in [0.1, 0.15) is 34.8 Å². The summed E-state index contributed by atoms with van der Waals surface area (Å²) in [5, 5.41) is 14.6. The minimum atomic E-state index is -0.664. The Bertz CT molecular complexity index is 2600. The summed E-state index contributed by atoms with van der Waals surface area (Å²) in [7, 11) is 0. The summed E-state index contributed by atoms with van der Waals surface area (Å²) in [6.07, 6.45) is 5.07. The Morgan fingerprint density at radius 1 is 0.780 bits per heavy atom. The average Bonchev–Trinajstić information content (AvgIpc) is 3.98. The van der Waals surface area contributed by atoms with Crippen LogP contribution in [0.3, 0.4) is 0 Å². The molecule has 1 aliphatic heterocycles. The van der Waals surface area contributed by atoms with Gasteiger partial charge in [-0.2, -0.15) is 22.0 Å². The number of rotatable bonds is 16. The van der Waals surface area contributed by atoms with Gasteiger partial charge in [-0.3, -0.25) is 48.6 Å². The van der Waals surface area contributed by atoms with Crippen molar-refractivity contribution < 1.29 is 23.9 Å². The van der Waals surface area contributed by atoms with E-state index in [0.717, 1.165) is 24.6 Å². The number of nitrogens with one attached hydrogen (secondary N) is 2. The van der Waals surface area contributed by atoms with E-state index in [9.17, 15) is 19.2 Å². The Morgan fingerprint density at radius 3 is 1.93 bits per heavy atom. The largest absolute Gasteiger partial charge is 0.490 e. The van der Waals surface area contributed by atoms with E-state index in [-0.39, 0.29) is 36.1 Å². The number of nitrogens with zero attached hydrogens (tertiary/aromatic N) is 10. The second kappa shape index (κ2) is 17.5. The molecule has 1 fully saturated rings. The second-order valence-electron chi connectivity index (χ2n) is 13.9. The standard InChI is InChI=1S/C39H46N14O5S/c1-5-52-29(17-23(3)47-52)36(56)45-38-43-27-19-25(33(40)54)21-31(58-14-11-49-12-15-59-16-13-49)32(27)50(38)9-7-8-10-51-35-28(20-26(22-42-35)34(41)55)44-39(51)46-37(57)30-18-24(4)48-53(30)6-2/h7-8,17-22H,5-6,9-16H2,1-4H3,(H2,40,54)(H2,41,55)(H,43,45,56)(H,44,46,57)/b8-7+. The normalized spacial score (nSPS) is 13.4. The van der Waals surface area contributed by atoms with Crippen molar-refractivity contribution in [1.29, 1.82) is 0 Å². The average molecular weight is 823 g/mol. The van der Waals surface area contributed by atoms with Crippen LogP contribution in [0.5, 0.6) is 5.75 Å². The Balaban J connectivity index is 1.24. The third-order valence-electron chi connectivity index (χ3n) is 9.79. The van der Waals surface area contributed by atoms with Crippen LogP contribution in [-0.2, 0) is 26.2 Å². The molecule has 6 N–H and O–H groups in total. The van der Waals surface area contributed by atoms with Crippen LogP contribution in [0, 0.1) is 13.8 Å². The summed E-state index contributed by atoms with van der Waals surface area (Å²) in [6.45, 7) is 11.7. The number of benzene rings is 1. The maximum absolute atomic E-state index is 13.7. The van der Waals surface area contributed by atoms with Gasteiger partial charge in [0.05, 0.1) is 22.5 Å². The highest BCUT2D eigenvalue weighted by Crippen LogP contribution is 2.32. The fourth-order valence-corrected chi connectivity index (χ4v) is 7.89. The van der Waals surface area contributed by atoms with Crippen LogP contribution < -0.4 is 26.8 Å². The Kier molecular flexibility index (Phi) is 12.1. The molecule has 0 unspecified atom stereocenters. The van der Waals surface area contributed by atoms with Crippen molar-refractivity contribution >= 4 is 69.5 Å². The van der Waals surface area contributed by atoms with E-state index < -0.39 is 23.6 Å². The summed E-state index contributed by atoms with van der Waals surface area (Å²) < 4.78 is 13.1. The van der Waals surface area contributed by atoms with Crippen molar-refractivity contribution in [1.82, 2.24) is 48.5 Å². The van der Waals surface area contributed by atoms with Crippen LogP contribution in [0.2, 0.25) is 0 Å². The van der Waals surface area contributed by atoms with E-state index in [1.807, 2.05) is 44.7 Å². The lowest BCUT2D eigenvalue weighted by molar-refractivity contribution is 0.0991. The van der Waals surface area contributed by atoms with Crippen LogP contribution in [0.25, 0.3) is 22.2 Å². The lowest BCUT2D eigenvalue weighted by Gasteiger charge is -2.26. The first-order valence-electron chi connectivity index (χ1n) is 19.2. The predicted molar refractivity (Wildman–Crippen MR) is 224 cm³/mol. The first-order chi connectivity index (χ1) is 28.4. The Hall–Kier alpha value is -6.54.